The van der Waals surface area contributed by atoms with Crippen LogP contribution in [0, 0.1) is 31.0 Å². The molecule has 1 aromatic heterocycles. The largest absolute Gasteiger partial charge is 0.327 e. The maximum atomic E-state index is 13.7. The summed E-state index contributed by atoms with van der Waals surface area (Å²) < 4.78 is 16.4. The van der Waals surface area contributed by atoms with E-state index in [1.165, 1.54) is 12.1 Å². The number of aromatic nitrogens is 3. The fourth-order valence-electron chi connectivity index (χ4n) is 3.82. The van der Waals surface area contributed by atoms with Crippen LogP contribution in [-0.2, 0) is 19.6 Å². The summed E-state index contributed by atoms with van der Waals surface area (Å²) in [6.45, 7) is 4.74. The molecule has 4 aromatic rings. The zero-order valence-electron chi connectivity index (χ0n) is 19.4. The molecule has 1 heterocycles. The minimum atomic E-state index is -0.311. The Kier molecular flexibility index (Phi) is 7.37. The number of rotatable bonds is 7. The van der Waals surface area contributed by atoms with Crippen LogP contribution in [0.3, 0.4) is 0 Å². The number of carbonyl (C=O) groups is 1. The summed E-state index contributed by atoms with van der Waals surface area (Å²) in [6.07, 6.45) is 1.63. The quantitative estimate of drug-likeness (QED) is 0.313. The van der Waals surface area contributed by atoms with Crippen LogP contribution >= 0.6 is 15.9 Å². The summed E-state index contributed by atoms with van der Waals surface area (Å²) in [5.41, 5.74) is 4.64. The van der Waals surface area contributed by atoms with Gasteiger partial charge in [-0.1, -0.05) is 40.2 Å². The van der Waals surface area contributed by atoms with Crippen LogP contribution in [0.15, 0.2) is 71.5 Å². The van der Waals surface area contributed by atoms with Crippen molar-refractivity contribution in [2.75, 3.05) is 0 Å². The van der Waals surface area contributed by atoms with Gasteiger partial charge in [0.2, 0.25) is 0 Å². The van der Waals surface area contributed by atoms with Crippen LogP contribution in [0.4, 0.5) is 4.39 Å². The monoisotopic (exact) mass is 531 g/mol. The maximum absolute atomic E-state index is 13.7. The molecule has 6 nitrogen and oxygen atoms in total. The van der Waals surface area contributed by atoms with Gasteiger partial charge < -0.3 is 9.47 Å². The predicted octanol–water partition coefficient (Wildman–Crippen LogP) is 5.56. The van der Waals surface area contributed by atoms with E-state index in [4.69, 9.17) is 5.26 Å². The average molecular weight is 532 g/mol. The first kappa shape index (κ1) is 24.3. The summed E-state index contributed by atoms with van der Waals surface area (Å²) >= 11 is 3.46. The van der Waals surface area contributed by atoms with Gasteiger partial charge in [0.15, 0.2) is 5.82 Å². The van der Waals surface area contributed by atoms with Gasteiger partial charge in [-0.15, -0.1) is 10.2 Å². The van der Waals surface area contributed by atoms with E-state index < -0.39 is 0 Å². The maximum Gasteiger partial charge on any atom is 0.254 e. The summed E-state index contributed by atoms with van der Waals surface area (Å²) in [7, 11) is 0. The third-order valence-corrected chi connectivity index (χ3v) is 6.34. The minimum absolute atomic E-state index is 0.152. The highest BCUT2D eigenvalue weighted by Gasteiger charge is 2.22. The van der Waals surface area contributed by atoms with E-state index in [1.807, 2.05) is 48.7 Å². The van der Waals surface area contributed by atoms with Gasteiger partial charge in [0.05, 0.1) is 24.7 Å². The van der Waals surface area contributed by atoms with Crippen molar-refractivity contribution in [3.8, 4) is 6.07 Å². The van der Waals surface area contributed by atoms with Crippen LogP contribution in [0.1, 0.15) is 44.0 Å². The second-order valence-corrected chi connectivity index (χ2v) is 9.29. The first-order valence-electron chi connectivity index (χ1n) is 11.0. The van der Waals surface area contributed by atoms with E-state index in [2.05, 4.69) is 32.2 Å². The van der Waals surface area contributed by atoms with Crippen LogP contribution in [0.2, 0.25) is 0 Å². The second kappa shape index (κ2) is 10.6. The van der Waals surface area contributed by atoms with E-state index in [1.54, 1.807) is 29.4 Å². The Morgan fingerprint density at radius 3 is 2.54 bits per heavy atom. The van der Waals surface area contributed by atoms with Crippen molar-refractivity contribution in [3.05, 3.63) is 116 Å². The molecule has 0 aliphatic carbocycles. The molecule has 0 fully saturated rings. The third-order valence-electron chi connectivity index (χ3n) is 5.85. The molecule has 0 saturated carbocycles. The highest BCUT2D eigenvalue weighted by molar-refractivity contribution is 9.10. The number of carbonyl (C=O) groups excluding carboxylic acids is 1. The molecule has 35 heavy (non-hydrogen) atoms. The summed E-state index contributed by atoms with van der Waals surface area (Å²) in [4.78, 5) is 15.4. The molecular weight excluding hydrogens is 509 g/mol. The highest BCUT2D eigenvalue weighted by Crippen LogP contribution is 2.22. The number of aryl methyl sites for hydroxylation is 2. The van der Waals surface area contributed by atoms with Gasteiger partial charge in [-0.2, -0.15) is 5.26 Å². The van der Waals surface area contributed by atoms with Crippen LogP contribution < -0.4 is 0 Å². The normalized spacial score (nSPS) is 10.7. The fourth-order valence-corrected chi connectivity index (χ4v) is 4.18. The first-order valence-corrected chi connectivity index (χ1v) is 11.8. The zero-order chi connectivity index (χ0) is 24.9. The molecule has 0 bridgehead atoms. The first-order chi connectivity index (χ1) is 16.8. The Morgan fingerprint density at radius 1 is 1.06 bits per heavy atom. The molecule has 0 radical (unpaired) electrons. The lowest BCUT2D eigenvalue weighted by Crippen LogP contribution is -2.32. The van der Waals surface area contributed by atoms with Crippen molar-refractivity contribution in [1.82, 2.24) is 19.7 Å². The molecule has 0 saturated heterocycles. The second-order valence-electron chi connectivity index (χ2n) is 8.38. The Labute approximate surface area is 211 Å². The SMILES string of the molecule is Cc1cc(F)ccc1CN(Cc1nncn1Cc1ccc(C#N)cc1)C(=O)c1cc(Br)ccc1C. The van der Waals surface area contributed by atoms with Gasteiger partial charge in [-0.3, -0.25) is 4.79 Å². The van der Waals surface area contributed by atoms with E-state index in [0.29, 0.717) is 30.0 Å². The van der Waals surface area contributed by atoms with Gasteiger partial charge in [-0.25, -0.2) is 4.39 Å². The topological polar surface area (TPSA) is 74.8 Å². The molecule has 0 spiro atoms. The van der Waals surface area contributed by atoms with E-state index in [-0.39, 0.29) is 18.3 Å². The van der Waals surface area contributed by atoms with Gasteiger partial charge in [0.1, 0.15) is 12.1 Å². The lowest BCUT2D eigenvalue weighted by molar-refractivity contribution is 0.0722. The Morgan fingerprint density at radius 2 is 1.83 bits per heavy atom. The van der Waals surface area contributed by atoms with Crippen LogP contribution in [-0.4, -0.2) is 25.6 Å². The number of benzene rings is 3. The molecule has 3 aromatic carbocycles. The van der Waals surface area contributed by atoms with Crippen LogP contribution in [0.25, 0.3) is 0 Å². The number of nitrogens with zero attached hydrogens (tertiary/aromatic N) is 5. The molecule has 176 valence electrons. The standard InChI is InChI=1S/C27H23BrFN5O/c1-18-3-9-23(28)12-25(18)27(35)33(15-22-8-10-24(29)11-19(22)2)16-26-32-31-17-34(26)14-21-6-4-20(13-30)5-7-21/h3-12,17H,14-16H2,1-2H3. The van der Waals surface area contributed by atoms with Crippen molar-refractivity contribution in [2.24, 2.45) is 0 Å². The van der Waals surface area contributed by atoms with Crippen LogP contribution in [0.5, 0.6) is 0 Å². The lowest BCUT2D eigenvalue weighted by atomic mass is 10.1. The molecule has 0 aliphatic rings. The lowest BCUT2D eigenvalue weighted by Gasteiger charge is -2.24. The molecule has 0 N–H and O–H groups in total. The molecule has 0 aliphatic heterocycles. The summed E-state index contributed by atoms with van der Waals surface area (Å²) in [6, 6.07) is 19.6. The zero-order valence-corrected chi connectivity index (χ0v) is 21.0. The van der Waals surface area contributed by atoms with E-state index in [9.17, 15) is 9.18 Å². The predicted molar refractivity (Wildman–Crippen MR) is 134 cm³/mol. The Hall–Kier alpha value is -3.83. The van der Waals surface area contributed by atoms with Gasteiger partial charge >= 0.3 is 0 Å². The number of hydrogen-bond donors (Lipinski definition) is 0. The fraction of sp³-hybridized carbons (Fsp3) is 0.185. The average Bonchev–Trinajstić information content (AvgIpc) is 3.28. The van der Waals surface area contributed by atoms with Gasteiger partial charge in [0, 0.05) is 16.6 Å². The van der Waals surface area contributed by atoms with Crippen molar-refractivity contribution in [2.45, 2.75) is 33.5 Å². The van der Waals surface area contributed by atoms with Gasteiger partial charge in [0.25, 0.3) is 5.91 Å². The summed E-state index contributed by atoms with van der Waals surface area (Å²) in [5.74, 6) is 0.157. The Balaban J connectivity index is 1.65. The van der Waals surface area contributed by atoms with E-state index >= 15 is 0 Å². The molecule has 0 atom stereocenters. The third kappa shape index (κ3) is 5.81. The molecular formula is C27H23BrFN5O. The van der Waals surface area contributed by atoms with Gasteiger partial charge in [-0.05, 0) is 72.5 Å². The molecule has 0 unspecified atom stereocenters. The smallest absolute Gasteiger partial charge is 0.254 e. The Bertz CT molecular complexity index is 1410. The molecule has 8 heteroatoms. The van der Waals surface area contributed by atoms with E-state index in [0.717, 1.165) is 26.7 Å². The number of amides is 1. The molecule has 1 amide bonds. The van der Waals surface area contributed by atoms with Crippen molar-refractivity contribution in [1.29, 1.82) is 5.26 Å². The number of nitriles is 1. The van der Waals surface area contributed by atoms with Crippen molar-refractivity contribution < 1.29 is 9.18 Å². The minimum Gasteiger partial charge on any atom is -0.327 e. The highest BCUT2D eigenvalue weighted by atomic mass is 79.9. The van der Waals surface area contributed by atoms with Crippen molar-refractivity contribution >= 4 is 21.8 Å². The number of hydrogen-bond acceptors (Lipinski definition) is 4. The summed E-state index contributed by atoms with van der Waals surface area (Å²) in [5, 5.41) is 17.4. The molecule has 4 rings (SSSR count). The van der Waals surface area contributed by atoms with Crippen molar-refractivity contribution in [3.63, 3.8) is 0 Å². The number of halogens is 2.